The van der Waals surface area contributed by atoms with Crippen LogP contribution >= 0.6 is 0 Å². The van der Waals surface area contributed by atoms with E-state index in [2.05, 4.69) is 5.10 Å². The second-order valence-electron chi connectivity index (χ2n) is 5.48. The highest BCUT2D eigenvalue weighted by Gasteiger charge is 2.20. The van der Waals surface area contributed by atoms with Gasteiger partial charge in [-0.1, -0.05) is 37.3 Å². The first-order valence-electron chi connectivity index (χ1n) is 7.80. The summed E-state index contributed by atoms with van der Waals surface area (Å²) in [7, 11) is 1.58. The zero-order chi connectivity index (χ0) is 17.1. The molecule has 3 aromatic rings. The van der Waals surface area contributed by atoms with Crippen LogP contribution in [0.2, 0.25) is 0 Å². The minimum atomic E-state index is -0.159. The summed E-state index contributed by atoms with van der Waals surface area (Å²) >= 11 is 0. The van der Waals surface area contributed by atoms with Gasteiger partial charge >= 0.3 is 0 Å². The minimum Gasteiger partial charge on any atom is -0.497 e. The van der Waals surface area contributed by atoms with Crippen LogP contribution in [0, 0.1) is 0 Å². The third-order valence-corrected chi connectivity index (χ3v) is 3.93. The summed E-state index contributed by atoms with van der Waals surface area (Å²) in [6.07, 6.45) is 0.424. The molecule has 0 amide bonds. The van der Waals surface area contributed by atoms with E-state index in [1.54, 1.807) is 36.1 Å². The van der Waals surface area contributed by atoms with Gasteiger partial charge < -0.3 is 4.74 Å². The summed E-state index contributed by atoms with van der Waals surface area (Å²) in [5.74, 6) is 0.556. The smallest absolute Gasteiger partial charge is 0.213 e. The molecule has 0 saturated carbocycles. The molecule has 5 nitrogen and oxygen atoms in total. The summed E-state index contributed by atoms with van der Waals surface area (Å²) in [6, 6.07) is 14.4. The van der Waals surface area contributed by atoms with Gasteiger partial charge in [-0.15, -0.1) is 0 Å². The molecule has 0 N–H and O–H groups in total. The highest BCUT2D eigenvalue weighted by molar-refractivity contribution is 6.15. The second kappa shape index (κ2) is 6.66. The van der Waals surface area contributed by atoms with Gasteiger partial charge in [0.15, 0.2) is 5.78 Å². The molecule has 0 aliphatic heterocycles. The Morgan fingerprint density at radius 2 is 1.88 bits per heavy atom. The normalized spacial score (nSPS) is 10.8. The number of hydrogen-bond donors (Lipinski definition) is 0. The first kappa shape index (κ1) is 15.9. The van der Waals surface area contributed by atoms with E-state index < -0.39 is 0 Å². The van der Waals surface area contributed by atoms with Crippen molar-refractivity contribution in [1.29, 1.82) is 0 Å². The Bertz CT molecular complexity index is 898. The zero-order valence-corrected chi connectivity index (χ0v) is 13.7. The van der Waals surface area contributed by atoms with Gasteiger partial charge in [0.05, 0.1) is 12.6 Å². The number of ether oxygens (including phenoxy) is 1. The SMILES string of the molecule is CCC(=O)Cn1nc(C(=O)c2ccccc2)c2ccc(OC)cc21. The molecule has 24 heavy (non-hydrogen) atoms. The van der Waals surface area contributed by atoms with Gasteiger partial charge in [-0.2, -0.15) is 5.10 Å². The van der Waals surface area contributed by atoms with Crippen molar-refractivity contribution < 1.29 is 14.3 Å². The summed E-state index contributed by atoms with van der Waals surface area (Å²) in [4.78, 5) is 24.6. The van der Waals surface area contributed by atoms with E-state index in [9.17, 15) is 9.59 Å². The van der Waals surface area contributed by atoms with Crippen molar-refractivity contribution in [2.45, 2.75) is 19.9 Å². The molecule has 0 spiro atoms. The van der Waals surface area contributed by atoms with Gasteiger partial charge in [-0.25, -0.2) is 0 Å². The highest BCUT2D eigenvalue weighted by Crippen LogP contribution is 2.25. The first-order chi connectivity index (χ1) is 11.6. The van der Waals surface area contributed by atoms with Crippen LogP contribution < -0.4 is 4.74 Å². The number of methoxy groups -OCH3 is 1. The van der Waals surface area contributed by atoms with Crippen LogP contribution in [0.25, 0.3) is 10.9 Å². The number of Topliss-reactive ketones (excluding diaryl/α,β-unsaturated/α-hetero) is 1. The van der Waals surface area contributed by atoms with Crippen molar-refractivity contribution in [3.05, 3.63) is 59.8 Å². The molecule has 5 heteroatoms. The molecule has 0 radical (unpaired) electrons. The molecule has 0 unspecified atom stereocenters. The standard InChI is InChI=1S/C19H18N2O3/c1-3-14(22)12-21-17-11-15(24-2)9-10-16(17)18(20-21)19(23)13-7-5-4-6-8-13/h4-11H,3,12H2,1-2H3. The number of nitrogens with zero attached hydrogens (tertiary/aromatic N) is 2. The average Bonchev–Trinajstić information content (AvgIpc) is 2.99. The summed E-state index contributed by atoms with van der Waals surface area (Å²) in [6.45, 7) is 1.95. The third-order valence-electron chi connectivity index (χ3n) is 3.93. The minimum absolute atomic E-state index is 0.0564. The van der Waals surface area contributed by atoms with Gasteiger partial charge in [0, 0.05) is 23.4 Å². The number of ketones is 2. The molecule has 0 atom stereocenters. The van der Waals surface area contributed by atoms with Gasteiger partial charge in [0.1, 0.15) is 18.0 Å². The maximum Gasteiger partial charge on any atom is 0.213 e. The fraction of sp³-hybridized carbons (Fsp3) is 0.211. The van der Waals surface area contributed by atoms with Crippen molar-refractivity contribution in [1.82, 2.24) is 9.78 Å². The van der Waals surface area contributed by atoms with Crippen molar-refractivity contribution in [2.24, 2.45) is 0 Å². The molecule has 3 rings (SSSR count). The van der Waals surface area contributed by atoms with E-state index >= 15 is 0 Å². The third kappa shape index (κ3) is 2.93. The van der Waals surface area contributed by atoms with Crippen LogP contribution in [0.5, 0.6) is 5.75 Å². The lowest BCUT2D eigenvalue weighted by Gasteiger charge is -2.03. The van der Waals surface area contributed by atoms with Crippen LogP contribution in [0.1, 0.15) is 29.4 Å². The van der Waals surface area contributed by atoms with Crippen molar-refractivity contribution in [3.8, 4) is 5.75 Å². The number of carbonyl (C=O) groups excluding carboxylic acids is 2. The largest absolute Gasteiger partial charge is 0.497 e. The summed E-state index contributed by atoms with van der Waals surface area (Å²) < 4.78 is 6.84. The Morgan fingerprint density at radius 3 is 2.54 bits per heavy atom. The highest BCUT2D eigenvalue weighted by atomic mass is 16.5. The molecule has 0 fully saturated rings. The average molecular weight is 322 g/mol. The molecule has 1 heterocycles. The van der Waals surface area contributed by atoms with Crippen molar-refractivity contribution >= 4 is 22.5 Å². The predicted molar refractivity (Wildman–Crippen MR) is 91.5 cm³/mol. The Balaban J connectivity index is 2.14. The Hall–Kier alpha value is -2.95. The summed E-state index contributed by atoms with van der Waals surface area (Å²) in [5, 5.41) is 5.14. The molecular formula is C19H18N2O3. The van der Waals surface area contributed by atoms with E-state index in [4.69, 9.17) is 4.74 Å². The Labute approximate surface area is 139 Å². The Kier molecular flexibility index (Phi) is 4.42. The lowest BCUT2D eigenvalue weighted by Crippen LogP contribution is -2.11. The maximum absolute atomic E-state index is 12.8. The molecule has 2 aromatic carbocycles. The van der Waals surface area contributed by atoms with Crippen LogP contribution in [0.4, 0.5) is 0 Å². The number of aromatic nitrogens is 2. The molecule has 0 bridgehead atoms. The van der Waals surface area contributed by atoms with Crippen molar-refractivity contribution in [2.75, 3.05) is 7.11 Å². The first-order valence-corrected chi connectivity index (χ1v) is 7.80. The number of benzene rings is 2. The van der Waals surface area contributed by atoms with Crippen molar-refractivity contribution in [3.63, 3.8) is 0 Å². The van der Waals surface area contributed by atoms with E-state index in [1.165, 1.54) is 0 Å². The predicted octanol–water partition coefficient (Wildman–Crippen LogP) is 3.26. The molecule has 1 aromatic heterocycles. The zero-order valence-electron chi connectivity index (χ0n) is 13.7. The topological polar surface area (TPSA) is 61.2 Å². The number of rotatable bonds is 6. The van der Waals surface area contributed by atoms with Gasteiger partial charge in [0.2, 0.25) is 5.78 Å². The van der Waals surface area contributed by atoms with Gasteiger partial charge in [-0.3, -0.25) is 14.3 Å². The number of carbonyl (C=O) groups is 2. The van der Waals surface area contributed by atoms with Crippen LogP contribution in [-0.4, -0.2) is 28.5 Å². The lowest BCUT2D eigenvalue weighted by molar-refractivity contribution is -0.119. The van der Waals surface area contributed by atoms with Gasteiger partial charge in [0.25, 0.3) is 0 Å². The lowest BCUT2D eigenvalue weighted by atomic mass is 10.1. The Morgan fingerprint density at radius 1 is 1.12 bits per heavy atom. The fourth-order valence-electron chi connectivity index (χ4n) is 2.57. The van der Waals surface area contributed by atoms with E-state index in [-0.39, 0.29) is 18.1 Å². The fourth-order valence-corrected chi connectivity index (χ4v) is 2.57. The molecule has 122 valence electrons. The van der Waals surface area contributed by atoms with Crippen LogP contribution in [0.3, 0.4) is 0 Å². The molecule has 0 saturated heterocycles. The quantitative estimate of drug-likeness (QED) is 0.654. The van der Waals surface area contributed by atoms with E-state index in [1.807, 2.05) is 31.2 Å². The molecule has 0 aliphatic rings. The van der Waals surface area contributed by atoms with Gasteiger partial charge in [-0.05, 0) is 12.1 Å². The molecular weight excluding hydrogens is 304 g/mol. The number of fused-ring (bicyclic) bond motifs is 1. The second-order valence-corrected chi connectivity index (χ2v) is 5.48. The number of hydrogen-bond acceptors (Lipinski definition) is 4. The summed E-state index contributed by atoms with van der Waals surface area (Å²) in [5.41, 5.74) is 1.64. The van der Waals surface area contributed by atoms with Crippen LogP contribution in [-0.2, 0) is 11.3 Å². The van der Waals surface area contributed by atoms with Crippen LogP contribution in [0.15, 0.2) is 48.5 Å². The van der Waals surface area contributed by atoms with E-state index in [0.717, 1.165) is 5.52 Å². The van der Waals surface area contributed by atoms with E-state index in [0.29, 0.717) is 28.8 Å². The monoisotopic (exact) mass is 322 g/mol. The maximum atomic E-state index is 12.8. The molecule has 0 aliphatic carbocycles.